The van der Waals surface area contributed by atoms with Gasteiger partial charge in [0.05, 0.1) is 10.0 Å². The molecule has 0 radical (unpaired) electrons. The number of hydrogen-bond donors (Lipinski definition) is 2. The fourth-order valence-corrected chi connectivity index (χ4v) is 7.44. The number of para-hydroxylation sites is 1. The zero-order chi connectivity index (χ0) is 23.4. The molecule has 4 fully saturated rings. The first-order valence-corrected chi connectivity index (χ1v) is 12.7. The van der Waals surface area contributed by atoms with E-state index in [0.29, 0.717) is 44.4 Å². The van der Waals surface area contributed by atoms with Gasteiger partial charge in [0.25, 0.3) is 0 Å². The first-order valence-electron chi connectivity index (χ1n) is 12.0. The Labute approximate surface area is 210 Å². The van der Waals surface area contributed by atoms with E-state index in [1.807, 2.05) is 12.1 Å². The van der Waals surface area contributed by atoms with Gasteiger partial charge in [0.1, 0.15) is 11.5 Å². The molecule has 0 unspecified atom stereocenters. The van der Waals surface area contributed by atoms with Crippen LogP contribution in [-0.2, 0) is 5.41 Å². The van der Waals surface area contributed by atoms with Gasteiger partial charge in [-0.05, 0) is 104 Å². The van der Waals surface area contributed by atoms with Crippen LogP contribution in [0.2, 0.25) is 10.0 Å². The van der Waals surface area contributed by atoms with E-state index >= 15 is 0 Å². The van der Waals surface area contributed by atoms with E-state index in [1.54, 1.807) is 30.3 Å². The standard InChI is InChI=1S/C28H28Cl2N2O2/c29-22-11-19(31)4-6-24(22)33-26-3-1-2-21(27(26)34-25-7-5-20(32)12-23(25)30)28-13-16-8-17(14-28)10-18(9-16)15-28/h1-7,11-12,16-18H,8-10,13-15,31-32H2. The Balaban J connectivity index is 1.46. The van der Waals surface area contributed by atoms with Gasteiger partial charge in [0.2, 0.25) is 0 Å². The summed E-state index contributed by atoms with van der Waals surface area (Å²) in [6, 6.07) is 16.8. The molecule has 0 aliphatic heterocycles. The lowest BCUT2D eigenvalue weighted by atomic mass is 9.48. The summed E-state index contributed by atoms with van der Waals surface area (Å²) >= 11 is 13.0. The van der Waals surface area contributed by atoms with Gasteiger partial charge in [0, 0.05) is 16.9 Å². The van der Waals surface area contributed by atoms with Gasteiger partial charge in [-0.2, -0.15) is 0 Å². The monoisotopic (exact) mass is 494 g/mol. The van der Waals surface area contributed by atoms with Crippen LogP contribution in [0.5, 0.6) is 23.0 Å². The van der Waals surface area contributed by atoms with Crippen LogP contribution in [0.3, 0.4) is 0 Å². The van der Waals surface area contributed by atoms with Crippen molar-refractivity contribution in [2.24, 2.45) is 17.8 Å². The van der Waals surface area contributed by atoms with Gasteiger partial charge in [-0.15, -0.1) is 0 Å². The van der Waals surface area contributed by atoms with Crippen molar-refractivity contribution in [3.05, 3.63) is 70.2 Å². The molecule has 176 valence electrons. The number of nitrogens with two attached hydrogens (primary N) is 2. The Kier molecular flexibility index (Phi) is 5.34. The minimum atomic E-state index is 0.106. The Hall–Kier alpha value is -2.56. The second kappa shape index (κ2) is 8.28. The van der Waals surface area contributed by atoms with Crippen molar-refractivity contribution in [2.45, 2.75) is 43.9 Å². The van der Waals surface area contributed by atoms with Crippen molar-refractivity contribution in [1.29, 1.82) is 0 Å². The first kappa shape index (κ1) is 21.9. The molecule has 0 aromatic heterocycles. The van der Waals surface area contributed by atoms with Crippen LogP contribution in [0.25, 0.3) is 0 Å². The Morgan fingerprint density at radius 3 is 1.74 bits per heavy atom. The van der Waals surface area contributed by atoms with E-state index in [9.17, 15) is 0 Å². The molecule has 3 aromatic rings. The van der Waals surface area contributed by atoms with Gasteiger partial charge in [0.15, 0.2) is 11.5 Å². The normalized spacial score (nSPS) is 27.1. The number of rotatable bonds is 5. The SMILES string of the molecule is Nc1ccc(Oc2cccc(C34CC5CC(CC(C5)C3)C4)c2Oc2ccc(N)cc2Cl)c(Cl)c1. The quantitative estimate of drug-likeness (QED) is 0.350. The summed E-state index contributed by atoms with van der Waals surface area (Å²) in [5.41, 5.74) is 14.3. The maximum atomic E-state index is 6.57. The Morgan fingerprint density at radius 2 is 1.21 bits per heavy atom. The van der Waals surface area contributed by atoms with Gasteiger partial charge in [-0.1, -0.05) is 35.3 Å². The van der Waals surface area contributed by atoms with Crippen LogP contribution in [-0.4, -0.2) is 0 Å². The summed E-state index contributed by atoms with van der Waals surface area (Å²) in [6.07, 6.45) is 7.73. The molecule has 6 heteroatoms. The topological polar surface area (TPSA) is 70.5 Å². The highest BCUT2D eigenvalue weighted by atomic mass is 35.5. The van der Waals surface area contributed by atoms with E-state index in [-0.39, 0.29) is 5.41 Å². The molecule has 0 atom stereocenters. The lowest BCUT2D eigenvalue weighted by Gasteiger charge is -2.57. The van der Waals surface area contributed by atoms with Crippen LogP contribution < -0.4 is 20.9 Å². The van der Waals surface area contributed by atoms with Crippen molar-refractivity contribution in [3.63, 3.8) is 0 Å². The third kappa shape index (κ3) is 3.87. The predicted octanol–water partition coefficient (Wildman–Crippen LogP) is 8.21. The molecule has 0 saturated heterocycles. The molecule has 7 rings (SSSR count). The van der Waals surface area contributed by atoms with Crippen LogP contribution >= 0.6 is 23.2 Å². The molecule has 3 aromatic carbocycles. The zero-order valence-corrected chi connectivity index (χ0v) is 20.4. The second-order valence-electron chi connectivity index (χ2n) is 10.4. The first-order chi connectivity index (χ1) is 16.4. The summed E-state index contributed by atoms with van der Waals surface area (Å²) in [6.45, 7) is 0. The van der Waals surface area contributed by atoms with E-state index in [0.717, 1.165) is 17.8 Å². The number of ether oxygens (including phenoxy) is 2. The molecular weight excluding hydrogens is 467 g/mol. The molecule has 4 saturated carbocycles. The van der Waals surface area contributed by atoms with Crippen LogP contribution in [0, 0.1) is 17.8 Å². The second-order valence-corrected chi connectivity index (χ2v) is 11.2. The van der Waals surface area contributed by atoms with Crippen molar-refractivity contribution in [2.75, 3.05) is 11.5 Å². The van der Waals surface area contributed by atoms with Crippen molar-refractivity contribution in [3.8, 4) is 23.0 Å². The van der Waals surface area contributed by atoms with E-state index in [2.05, 4.69) is 12.1 Å². The van der Waals surface area contributed by atoms with Crippen LogP contribution in [0.4, 0.5) is 11.4 Å². The highest BCUT2D eigenvalue weighted by Crippen LogP contribution is 2.63. The largest absolute Gasteiger partial charge is 0.452 e. The minimum Gasteiger partial charge on any atom is -0.452 e. The maximum Gasteiger partial charge on any atom is 0.173 e. The smallest absolute Gasteiger partial charge is 0.173 e. The lowest BCUT2D eigenvalue weighted by Crippen LogP contribution is -2.48. The molecule has 4 N–H and O–H groups in total. The highest BCUT2D eigenvalue weighted by molar-refractivity contribution is 6.32. The highest BCUT2D eigenvalue weighted by Gasteiger charge is 2.52. The number of halogens is 2. The number of nitrogen functional groups attached to an aromatic ring is 2. The minimum absolute atomic E-state index is 0.106. The molecule has 4 bridgehead atoms. The molecule has 4 aliphatic carbocycles. The number of hydrogen-bond acceptors (Lipinski definition) is 4. The molecule has 0 amide bonds. The van der Waals surface area contributed by atoms with E-state index in [1.165, 1.54) is 44.1 Å². The molecule has 0 heterocycles. The van der Waals surface area contributed by atoms with Gasteiger partial charge < -0.3 is 20.9 Å². The average molecular weight is 495 g/mol. The summed E-state index contributed by atoms with van der Waals surface area (Å²) in [5.74, 6) is 4.82. The molecule has 0 spiro atoms. The fourth-order valence-electron chi connectivity index (χ4n) is 6.99. The third-order valence-electron chi connectivity index (χ3n) is 7.93. The van der Waals surface area contributed by atoms with Gasteiger partial charge in [-0.25, -0.2) is 0 Å². The third-order valence-corrected chi connectivity index (χ3v) is 8.52. The number of anilines is 2. The molecule has 4 aliphatic rings. The van der Waals surface area contributed by atoms with Crippen molar-refractivity contribution >= 4 is 34.6 Å². The Morgan fingerprint density at radius 1 is 0.676 bits per heavy atom. The Bertz CT molecular complexity index is 1220. The molecule has 34 heavy (non-hydrogen) atoms. The van der Waals surface area contributed by atoms with E-state index < -0.39 is 0 Å². The summed E-state index contributed by atoms with van der Waals surface area (Å²) in [7, 11) is 0. The lowest BCUT2D eigenvalue weighted by molar-refractivity contribution is -0.00608. The van der Waals surface area contributed by atoms with Crippen LogP contribution in [0.1, 0.15) is 44.1 Å². The van der Waals surface area contributed by atoms with Crippen molar-refractivity contribution in [1.82, 2.24) is 0 Å². The van der Waals surface area contributed by atoms with Gasteiger partial charge >= 0.3 is 0 Å². The van der Waals surface area contributed by atoms with Crippen molar-refractivity contribution < 1.29 is 9.47 Å². The predicted molar refractivity (Wildman–Crippen MR) is 138 cm³/mol. The molecule has 4 nitrogen and oxygen atoms in total. The van der Waals surface area contributed by atoms with E-state index in [4.69, 9.17) is 44.1 Å². The maximum absolute atomic E-state index is 6.57. The summed E-state index contributed by atoms with van der Waals surface area (Å²) in [5, 5.41) is 0.924. The summed E-state index contributed by atoms with van der Waals surface area (Å²) in [4.78, 5) is 0. The van der Waals surface area contributed by atoms with Crippen LogP contribution in [0.15, 0.2) is 54.6 Å². The summed E-state index contributed by atoms with van der Waals surface area (Å²) < 4.78 is 12.9. The number of benzene rings is 3. The molecular formula is C28H28Cl2N2O2. The zero-order valence-electron chi connectivity index (χ0n) is 18.9. The van der Waals surface area contributed by atoms with Gasteiger partial charge in [-0.3, -0.25) is 0 Å². The average Bonchev–Trinajstić information content (AvgIpc) is 2.77. The fraction of sp³-hybridized carbons (Fsp3) is 0.357.